The van der Waals surface area contributed by atoms with Crippen molar-refractivity contribution in [1.82, 2.24) is 10.5 Å². The number of anilines is 2. The molecule has 2 N–H and O–H groups in total. The molecule has 1 atom stereocenters. The van der Waals surface area contributed by atoms with E-state index in [9.17, 15) is 9.59 Å². The minimum Gasteiger partial charge on any atom is -0.371 e. The largest absolute Gasteiger partial charge is 0.371 e. The molecule has 132 valence electrons. The molecule has 7 heteroatoms. The summed E-state index contributed by atoms with van der Waals surface area (Å²) in [7, 11) is 0. The molecule has 25 heavy (non-hydrogen) atoms. The van der Waals surface area contributed by atoms with Gasteiger partial charge in [0.05, 0.1) is 0 Å². The van der Waals surface area contributed by atoms with Gasteiger partial charge in [0, 0.05) is 30.5 Å². The first-order chi connectivity index (χ1) is 12.0. The van der Waals surface area contributed by atoms with Gasteiger partial charge in [-0.2, -0.15) is 0 Å². The van der Waals surface area contributed by atoms with E-state index in [0.29, 0.717) is 11.4 Å². The molecule has 3 rings (SSSR count). The van der Waals surface area contributed by atoms with Gasteiger partial charge >= 0.3 is 0 Å². The number of carbonyl (C=O) groups excluding carboxylic acids is 2. The van der Waals surface area contributed by atoms with Crippen LogP contribution in [0.15, 0.2) is 34.9 Å². The molecule has 1 saturated heterocycles. The van der Waals surface area contributed by atoms with Gasteiger partial charge in [-0.15, -0.1) is 0 Å². The molecule has 2 aromatic rings. The van der Waals surface area contributed by atoms with E-state index < -0.39 is 11.9 Å². The third-order valence-corrected chi connectivity index (χ3v) is 4.19. The lowest BCUT2D eigenvalue weighted by Crippen LogP contribution is -2.41. The van der Waals surface area contributed by atoms with Gasteiger partial charge in [0.2, 0.25) is 5.91 Å². The molecule has 0 spiro atoms. The summed E-state index contributed by atoms with van der Waals surface area (Å²) in [6, 6.07) is 8.59. The van der Waals surface area contributed by atoms with Crippen molar-refractivity contribution in [3.05, 3.63) is 41.8 Å². The number of aryl methyl sites for hydroxylation is 1. The summed E-state index contributed by atoms with van der Waals surface area (Å²) >= 11 is 0. The van der Waals surface area contributed by atoms with Crippen LogP contribution in [-0.4, -0.2) is 36.1 Å². The fraction of sp³-hybridized carbons (Fsp3) is 0.389. The molecular weight excluding hydrogens is 320 g/mol. The Bertz CT molecular complexity index is 765. The SMILES string of the molecule is Cc1cc(C(=O)N[C@H](C)C(=O)Nc2cccc(N3CCCC3)c2)no1. The molecular formula is C18H22N4O3. The number of nitrogens with one attached hydrogen (secondary N) is 2. The van der Waals surface area contributed by atoms with Crippen LogP contribution in [0.2, 0.25) is 0 Å². The third kappa shape index (κ3) is 4.17. The van der Waals surface area contributed by atoms with Crippen LogP contribution in [0.1, 0.15) is 36.0 Å². The topological polar surface area (TPSA) is 87.5 Å². The zero-order chi connectivity index (χ0) is 17.8. The molecule has 0 aliphatic carbocycles. The minimum atomic E-state index is -0.694. The van der Waals surface area contributed by atoms with Crippen LogP contribution in [0, 0.1) is 6.92 Å². The normalized spacial score (nSPS) is 15.0. The average Bonchev–Trinajstić information content (AvgIpc) is 3.26. The zero-order valence-corrected chi connectivity index (χ0v) is 14.4. The number of amides is 2. The number of hydrogen-bond donors (Lipinski definition) is 2. The second-order valence-corrected chi connectivity index (χ2v) is 6.25. The van der Waals surface area contributed by atoms with Crippen molar-refractivity contribution in [1.29, 1.82) is 0 Å². The van der Waals surface area contributed by atoms with Crippen LogP contribution in [0.4, 0.5) is 11.4 Å². The van der Waals surface area contributed by atoms with Crippen molar-refractivity contribution < 1.29 is 14.1 Å². The van der Waals surface area contributed by atoms with Gasteiger partial charge in [0.15, 0.2) is 5.69 Å². The Morgan fingerprint density at radius 2 is 2.00 bits per heavy atom. The van der Waals surface area contributed by atoms with Crippen LogP contribution in [-0.2, 0) is 4.79 Å². The zero-order valence-electron chi connectivity index (χ0n) is 14.4. The molecule has 1 aliphatic rings. The Kier molecular flexibility index (Phi) is 5.02. The second-order valence-electron chi connectivity index (χ2n) is 6.25. The first-order valence-corrected chi connectivity index (χ1v) is 8.43. The summed E-state index contributed by atoms with van der Waals surface area (Å²) < 4.78 is 4.87. The van der Waals surface area contributed by atoms with Crippen molar-refractivity contribution in [3.8, 4) is 0 Å². The van der Waals surface area contributed by atoms with E-state index in [2.05, 4.69) is 20.7 Å². The van der Waals surface area contributed by atoms with Crippen LogP contribution >= 0.6 is 0 Å². The average molecular weight is 342 g/mol. The standard InChI is InChI=1S/C18H22N4O3/c1-12-10-16(21-25-12)18(24)19-13(2)17(23)20-14-6-5-7-15(11-14)22-8-3-4-9-22/h5-7,10-11,13H,3-4,8-9H2,1-2H3,(H,19,24)(H,20,23)/t13-/m1/s1. The van der Waals surface area contributed by atoms with Crippen molar-refractivity contribution in [2.45, 2.75) is 32.7 Å². The van der Waals surface area contributed by atoms with Crippen molar-refractivity contribution in [2.75, 3.05) is 23.3 Å². The van der Waals surface area contributed by atoms with Gasteiger partial charge in [-0.1, -0.05) is 11.2 Å². The number of aromatic nitrogens is 1. The fourth-order valence-electron chi connectivity index (χ4n) is 2.82. The van der Waals surface area contributed by atoms with Crippen molar-refractivity contribution >= 4 is 23.2 Å². The molecule has 0 unspecified atom stereocenters. The molecule has 2 heterocycles. The lowest BCUT2D eigenvalue weighted by Gasteiger charge is -2.19. The number of nitrogens with zero attached hydrogens (tertiary/aromatic N) is 2. The first-order valence-electron chi connectivity index (χ1n) is 8.43. The van der Waals surface area contributed by atoms with E-state index >= 15 is 0 Å². The third-order valence-electron chi connectivity index (χ3n) is 4.19. The Labute approximate surface area is 146 Å². The van der Waals surface area contributed by atoms with E-state index in [1.54, 1.807) is 13.8 Å². The van der Waals surface area contributed by atoms with Crippen molar-refractivity contribution in [3.63, 3.8) is 0 Å². The van der Waals surface area contributed by atoms with E-state index in [0.717, 1.165) is 18.8 Å². The number of benzene rings is 1. The van der Waals surface area contributed by atoms with Crippen LogP contribution in [0.25, 0.3) is 0 Å². The quantitative estimate of drug-likeness (QED) is 0.871. The molecule has 1 fully saturated rings. The predicted octanol–water partition coefficient (Wildman–Crippen LogP) is 2.34. The Morgan fingerprint density at radius 3 is 2.68 bits per heavy atom. The fourth-order valence-corrected chi connectivity index (χ4v) is 2.82. The lowest BCUT2D eigenvalue weighted by molar-refractivity contribution is -0.117. The maximum absolute atomic E-state index is 12.3. The van der Waals surface area contributed by atoms with Gasteiger partial charge in [0.1, 0.15) is 11.8 Å². The monoisotopic (exact) mass is 342 g/mol. The predicted molar refractivity (Wildman–Crippen MR) is 94.7 cm³/mol. The Hall–Kier alpha value is -2.83. The molecule has 2 amide bonds. The van der Waals surface area contributed by atoms with E-state index in [1.165, 1.54) is 18.9 Å². The Balaban J connectivity index is 1.59. The highest BCUT2D eigenvalue weighted by molar-refractivity contribution is 6.00. The van der Waals surface area contributed by atoms with Crippen molar-refractivity contribution in [2.24, 2.45) is 0 Å². The smallest absolute Gasteiger partial charge is 0.274 e. The second kappa shape index (κ2) is 7.38. The van der Waals surface area contributed by atoms with Crippen LogP contribution in [0.3, 0.4) is 0 Å². The molecule has 1 aliphatic heterocycles. The minimum absolute atomic E-state index is 0.160. The number of hydrogen-bond acceptors (Lipinski definition) is 5. The van der Waals surface area contributed by atoms with Gasteiger partial charge < -0.3 is 20.1 Å². The molecule has 0 radical (unpaired) electrons. The molecule has 7 nitrogen and oxygen atoms in total. The highest BCUT2D eigenvalue weighted by atomic mass is 16.5. The first kappa shape index (κ1) is 17.0. The summed E-state index contributed by atoms with van der Waals surface area (Å²) in [6.45, 7) is 5.42. The molecule has 0 bridgehead atoms. The lowest BCUT2D eigenvalue weighted by atomic mass is 10.2. The van der Waals surface area contributed by atoms with Crippen LogP contribution < -0.4 is 15.5 Å². The molecule has 1 aromatic carbocycles. The van der Waals surface area contributed by atoms with Gasteiger partial charge in [0.25, 0.3) is 5.91 Å². The summed E-state index contributed by atoms with van der Waals surface area (Å²) in [4.78, 5) is 26.7. The summed E-state index contributed by atoms with van der Waals surface area (Å²) in [5, 5.41) is 9.10. The maximum Gasteiger partial charge on any atom is 0.274 e. The maximum atomic E-state index is 12.3. The van der Waals surface area contributed by atoms with Crippen LogP contribution in [0.5, 0.6) is 0 Å². The van der Waals surface area contributed by atoms with E-state index in [-0.39, 0.29) is 11.6 Å². The van der Waals surface area contributed by atoms with E-state index in [4.69, 9.17) is 4.52 Å². The summed E-state index contributed by atoms with van der Waals surface area (Å²) in [5.74, 6) is -0.182. The van der Waals surface area contributed by atoms with E-state index in [1.807, 2.05) is 24.3 Å². The highest BCUT2D eigenvalue weighted by Gasteiger charge is 2.19. The summed E-state index contributed by atoms with van der Waals surface area (Å²) in [6.07, 6.45) is 2.39. The number of rotatable bonds is 5. The van der Waals surface area contributed by atoms with Gasteiger partial charge in [-0.25, -0.2) is 0 Å². The van der Waals surface area contributed by atoms with Gasteiger partial charge in [-0.3, -0.25) is 9.59 Å². The summed E-state index contributed by atoms with van der Waals surface area (Å²) in [5.41, 5.74) is 1.98. The molecule has 1 aromatic heterocycles. The molecule has 0 saturated carbocycles. The Morgan fingerprint density at radius 1 is 1.24 bits per heavy atom. The number of carbonyl (C=O) groups is 2. The highest BCUT2D eigenvalue weighted by Crippen LogP contribution is 2.23. The van der Waals surface area contributed by atoms with Gasteiger partial charge in [-0.05, 0) is 44.9 Å².